The molecule has 0 saturated heterocycles. The fourth-order valence-electron chi connectivity index (χ4n) is 2.53. The van der Waals surface area contributed by atoms with E-state index in [1.807, 2.05) is 0 Å². The maximum Gasteiger partial charge on any atom is 0.407 e. The first kappa shape index (κ1) is 25.9. The minimum absolute atomic E-state index is 0.0434. The minimum atomic E-state index is -4.00. The summed E-state index contributed by atoms with van der Waals surface area (Å²) in [4.78, 5) is 12.2. The smallest absolute Gasteiger partial charge is 0.407 e. The van der Waals surface area contributed by atoms with E-state index in [1.54, 1.807) is 65.0 Å². The van der Waals surface area contributed by atoms with E-state index in [0.29, 0.717) is 5.56 Å². The van der Waals surface area contributed by atoms with Crippen molar-refractivity contribution >= 4 is 24.4 Å². The highest BCUT2D eigenvalue weighted by Gasteiger charge is 2.51. The van der Waals surface area contributed by atoms with Gasteiger partial charge in [0.2, 0.25) is 0 Å². The molecule has 0 aliphatic carbocycles. The van der Waals surface area contributed by atoms with Crippen molar-refractivity contribution in [2.45, 2.75) is 64.4 Å². The molecular formula is C19H30F2NO5PS. The number of nitrogens with one attached hydrogen (secondary N) is 1. The molecule has 1 aromatic carbocycles. The van der Waals surface area contributed by atoms with Crippen molar-refractivity contribution in [3.63, 3.8) is 0 Å². The number of carbonyl (C=O) groups excluding carboxylic acids is 1. The summed E-state index contributed by atoms with van der Waals surface area (Å²) in [5.74, 6) is 0. The molecule has 0 aromatic heterocycles. The molecule has 6 nitrogen and oxygen atoms in total. The first-order valence-electron chi connectivity index (χ1n) is 9.34. The van der Waals surface area contributed by atoms with Gasteiger partial charge in [0.15, 0.2) is 0 Å². The molecule has 10 heteroatoms. The summed E-state index contributed by atoms with van der Waals surface area (Å²) in [6.07, 6.45) is -3.31. The number of alkyl carbamates (subject to hydrolysis) is 1. The van der Waals surface area contributed by atoms with Crippen LogP contribution in [0.4, 0.5) is 13.6 Å². The molecule has 0 saturated carbocycles. The zero-order chi connectivity index (χ0) is 22.3. The highest BCUT2D eigenvalue weighted by Crippen LogP contribution is 2.64. The molecule has 1 aromatic rings. The van der Waals surface area contributed by atoms with Gasteiger partial charge in [-0.2, -0.15) is 8.78 Å². The number of alkyl halides is 2. The molecule has 29 heavy (non-hydrogen) atoms. The third kappa shape index (κ3) is 7.90. The molecule has 0 aliphatic rings. The van der Waals surface area contributed by atoms with Crippen LogP contribution in [-0.4, -0.2) is 41.7 Å². The van der Waals surface area contributed by atoms with Crippen LogP contribution in [0.15, 0.2) is 30.3 Å². The van der Waals surface area contributed by atoms with Gasteiger partial charge in [0.05, 0.1) is 25.4 Å². The van der Waals surface area contributed by atoms with Crippen LogP contribution >= 0.6 is 6.49 Å². The van der Waals surface area contributed by atoms with Crippen LogP contribution in [-0.2, 0) is 25.6 Å². The lowest BCUT2D eigenvalue weighted by Crippen LogP contribution is -2.45. The number of hydrogen-bond acceptors (Lipinski definition) is 6. The molecular weight excluding hydrogens is 423 g/mol. The average Bonchev–Trinajstić information content (AvgIpc) is 2.59. The van der Waals surface area contributed by atoms with Crippen LogP contribution in [0.3, 0.4) is 0 Å². The zero-order valence-corrected chi connectivity index (χ0v) is 19.1. The number of rotatable bonds is 10. The quantitative estimate of drug-likeness (QED) is 0.487. The molecule has 0 radical (unpaired) electrons. The second-order valence-electron chi connectivity index (χ2n) is 7.31. The van der Waals surface area contributed by atoms with Crippen molar-refractivity contribution in [3.05, 3.63) is 35.9 Å². The summed E-state index contributed by atoms with van der Waals surface area (Å²) < 4.78 is 45.7. The van der Waals surface area contributed by atoms with E-state index in [4.69, 9.17) is 25.6 Å². The van der Waals surface area contributed by atoms with Crippen molar-refractivity contribution in [1.82, 2.24) is 5.32 Å². The van der Waals surface area contributed by atoms with E-state index in [9.17, 15) is 9.90 Å². The highest BCUT2D eigenvalue weighted by molar-refractivity contribution is 8.10. The first-order valence-corrected chi connectivity index (χ1v) is 12.0. The number of hydrogen-bond donors (Lipinski definition) is 2. The molecule has 0 aliphatic heterocycles. The molecule has 2 atom stereocenters. The Hall–Kier alpha value is -1.12. The Balaban J connectivity index is 3.18. The third-order valence-electron chi connectivity index (χ3n) is 3.69. The van der Waals surface area contributed by atoms with Gasteiger partial charge in [-0.15, -0.1) is 0 Å². The van der Waals surface area contributed by atoms with Gasteiger partial charge < -0.3 is 24.2 Å². The Morgan fingerprint density at radius 1 is 1.17 bits per heavy atom. The summed E-state index contributed by atoms with van der Waals surface area (Å²) in [6.45, 7) is 3.95. The number of aliphatic hydroxyl groups is 1. The van der Waals surface area contributed by atoms with Crippen molar-refractivity contribution in [2.75, 3.05) is 13.2 Å². The van der Waals surface area contributed by atoms with Crippen LogP contribution in [0.5, 0.6) is 0 Å². The van der Waals surface area contributed by atoms with Crippen molar-refractivity contribution in [1.29, 1.82) is 0 Å². The van der Waals surface area contributed by atoms with E-state index < -0.39 is 42.4 Å². The van der Waals surface area contributed by atoms with E-state index in [0.717, 1.165) is 0 Å². The van der Waals surface area contributed by atoms with Crippen LogP contribution in [0.25, 0.3) is 0 Å². The average molecular weight is 453 g/mol. The van der Waals surface area contributed by atoms with Gasteiger partial charge in [-0.25, -0.2) is 4.79 Å². The maximum absolute atomic E-state index is 15.2. The number of carbonyl (C=O) groups is 1. The van der Waals surface area contributed by atoms with Gasteiger partial charge in [0.25, 0.3) is 6.49 Å². The van der Waals surface area contributed by atoms with Crippen LogP contribution in [0.1, 0.15) is 52.7 Å². The fraction of sp³-hybridized carbons (Fsp3) is 0.632. The Bertz CT molecular complexity index is 690. The van der Waals surface area contributed by atoms with Gasteiger partial charge >= 0.3 is 11.8 Å². The Labute approximate surface area is 176 Å². The van der Waals surface area contributed by atoms with Crippen molar-refractivity contribution < 1.29 is 32.5 Å². The van der Waals surface area contributed by atoms with Crippen LogP contribution in [0.2, 0.25) is 0 Å². The second-order valence-corrected chi connectivity index (χ2v) is 10.9. The molecule has 2 N–H and O–H groups in total. The number of amides is 1. The lowest BCUT2D eigenvalue weighted by molar-refractivity contribution is 0.00683. The van der Waals surface area contributed by atoms with Crippen molar-refractivity contribution in [3.8, 4) is 0 Å². The molecule has 1 rings (SSSR count). The summed E-state index contributed by atoms with van der Waals surface area (Å²) in [7, 11) is 0. The number of benzene rings is 1. The predicted octanol–water partition coefficient (Wildman–Crippen LogP) is 4.98. The van der Waals surface area contributed by atoms with E-state index in [1.165, 1.54) is 0 Å². The van der Waals surface area contributed by atoms with Crippen LogP contribution in [0, 0.1) is 0 Å². The van der Waals surface area contributed by atoms with E-state index in [2.05, 4.69) is 5.32 Å². The summed E-state index contributed by atoms with van der Waals surface area (Å²) in [5.41, 5.74) is -4.06. The Morgan fingerprint density at radius 3 is 2.14 bits per heavy atom. The van der Waals surface area contributed by atoms with Gasteiger partial charge in [-0.3, -0.25) is 0 Å². The summed E-state index contributed by atoms with van der Waals surface area (Å²) in [5, 5.41) is 13.1. The second kappa shape index (κ2) is 10.8. The maximum atomic E-state index is 15.2. The highest BCUT2D eigenvalue weighted by atomic mass is 32.5. The lowest BCUT2D eigenvalue weighted by Gasteiger charge is -2.34. The predicted molar refractivity (Wildman–Crippen MR) is 112 cm³/mol. The monoisotopic (exact) mass is 453 g/mol. The number of ether oxygens (including phenoxy) is 1. The van der Waals surface area contributed by atoms with E-state index >= 15 is 8.78 Å². The molecule has 0 unspecified atom stereocenters. The summed E-state index contributed by atoms with van der Waals surface area (Å²) in [6, 6.07) is 6.82. The Kier molecular flexibility index (Phi) is 9.63. The fourth-order valence-corrected chi connectivity index (χ4v) is 4.93. The number of halogens is 2. The molecule has 0 spiro atoms. The molecule has 166 valence electrons. The third-order valence-corrected chi connectivity index (χ3v) is 7.30. The Morgan fingerprint density at radius 2 is 1.69 bits per heavy atom. The van der Waals surface area contributed by atoms with E-state index in [-0.39, 0.29) is 13.2 Å². The number of aliphatic hydroxyl groups excluding tert-OH is 1. The minimum Gasteiger partial charge on any atom is -0.444 e. The largest absolute Gasteiger partial charge is 0.444 e. The SMILES string of the molecule is CCOP(=S)(OCC)C(F)(F)C[C@@H](NC(=O)OC(C)(C)C)[C@H](O)c1ccccc1. The standard InChI is InChI=1S/C19H30F2NO5PS/c1-6-25-28(29,26-7-2)19(20,21)13-15(22-17(24)27-18(3,4)5)16(23)14-11-9-8-10-12-14/h8-12,15-16,23H,6-7,13H2,1-5H3,(H,22,24)/t15-,16-/m1/s1. The van der Waals surface area contributed by atoms with Crippen molar-refractivity contribution in [2.24, 2.45) is 0 Å². The van der Waals surface area contributed by atoms with Gasteiger partial charge in [-0.05, 0) is 52.0 Å². The summed E-state index contributed by atoms with van der Waals surface area (Å²) >= 11 is 5.05. The van der Waals surface area contributed by atoms with Gasteiger partial charge in [-0.1, -0.05) is 30.3 Å². The topological polar surface area (TPSA) is 77.0 Å². The van der Waals surface area contributed by atoms with Gasteiger partial charge in [0.1, 0.15) is 5.60 Å². The lowest BCUT2D eigenvalue weighted by atomic mass is 10.00. The zero-order valence-electron chi connectivity index (χ0n) is 17.4. The normalized spacial score (nSPS) is 14.9. The molecule has 0 fully saturated rings. The molecule has 0 heterocycles. The van der Waals surface area contributed by atoms with Gasteiger partial charge in [0, 0.05) is 6.42 Å². The molecule has 0 bridgehead atoms. The first-order chi connectivity index (χ1) is 13.3. The van der Waals surface area contributed by atoms with Crippen LogP contribution < -0.4 is 5.32 Å². The molecule has 1 amide bonds.